The maximum Gasteiger partial charge on any atom is 0.243 e. The third-order valence-electron chi connectivity index (χ3n) is 4.07. The SMILES string of the molecule is CCN(CC)S(=O)(=O)c1cc(NC(=O)Cc2ccc(F)cc2)ccc1C. The highest BCUT2D eigenvalue weighted by Gasteiger charge is 2.24. The number of hydrogen-bond acceptors (Lipinski definition) is 3. The molecule has 5 nitrogen and oxygen atoms in total. The summed E-state index contributed by atoms with van der Waals surface area (Å²) in [5.41, 5.74) is 1.70. The van der Waals surface area contributed by atoms with Gasteiger partial charge < -0.3 is 5.32 Å². The summed E-state index contributed by atoms with van der Waals surface area (Å²) in [6.45, 7) is 6.04. The first-order chi connectivity index (χ1) is 12.3. The predicted molar refractivity (Wildman–Crippen MR) is 100 cm³/mol. The fourth-order valence-electron chi connectivity index (χ4n) is 2.65. The minimum atomic E-state index is -3.61. The van der Waals surface area contributed by atoms with E-state index in [0.717, 1.165) is 0 Å². The molecule has 0 unspecified atom stereocenters. The molecular formula is C19H23FN2O3S. The van der Waals surface area contributed by atoms with E-state index in [1.807, 2.05) is 0 Å². The first kappa shape index (κ1) is 20.1. The second-order valence-corrected chi connectivity index (χ2v) is 7.83. The Morgan fingerprint density at radius 1 is 1.08 bits per heavy atom. The van der Waals surface area contributed by atoms with Crippen LogP contribution in [0.15, 0.2) is 47.4 Å². The summed E-state index contributed by atoms with van der Waals surface area (Å²) in [5, 5.41) is 2.70. The highest BCUT2D eigenvalue weighted by Crippen LogP contribution is 2.23. The van der Waals surface area contributed by atoms with E-state index in [0.29, 0.717) is 29.9 Å². The van der Waals surface area contributed by atoms with Crippen LogP contribution in [0.25, 0.3) is 0 Å². The van der Waals surface area contributed by atoms with Gasteiger partial charge in [0.1, 0.15) is 5.82 Å². The molecule has 0 radical (unpaired) electrons. The van der Waals surface area contributed by atoms with Crippen LogP contribution in [0, 0.1) is 12.7 Å². The Hall–Kier alpha value is -2.25. The van der Waals surface area contributed by atoms with Crippen molar-refractivity contribution in [2.45, 2.75) is 32.1 Å². The van der Waals surface area contributed by atoms with Crippen molar-refractivity contribution in [1.29, 1.82) is 0 Å². The Morgan fingerprint density at radius 3 is 2.27 bits per heavy atom. The van der Waals surface area contributed by atoms with Crippen LogP contribution in [0.3, 0.4) is 0 Å². The summed E-state index contributed by atoms with van der Waals surface area (Å²) in [6.07, 6.45) is 0.0757. The summed E-state index contributed by atoms with van der Waals surface area (Å²) >= 11 is 0. The standard InChI is InChI=1S/C19H23FN2O3S/c1-4-22(5-2)26(24,25)18-13-17(11-6-14(18)3)21-19(23)12-15-7-9-16(20)10-8-15/h6-11,13H,4-5,12H2,1-3H3,(H,21,23). The van der Waals surface area contributed by atoms with E-state index in [9.17, 15) is 17.6 Å². The second-order valence-electron chi connectivity index (χ2n) is 5.92. The average Bonchev–Trinajstić information content (AvgIpc) is 2.59. The first-order valence-electron chi connectivity index (χ1n) is 8.43. The minimum absolute atomic E-state index is 0.0757. The molecule has 1 N–H and O–H groups in total. The average molecular weight is 378 g/mol. The van der Waals surface area contributed by atoms with Crippen molar-refractivity contribution in [3.05, 3.63) is 59.4 Å². The van der Waals surface area contributed by atoms with E-state index in [1.165, 1.54) is 22.5 Å². The molecular weight excluding hydrogens is 355 g/mol. The fourth-order valence-corrected chi connectivity index (χ4v) is 4.36. The molecule has 0 saturated carbocycles. The molecule has 0 spiro atoms. The summed E-state index contributed by atoms with van der Waals surface area (Å²) in [6, 6.07) is 10.5. The molecule has 2 aromatic carbocycles. The highest BCUT2D eigenvalue weighted by molar-refractivity contribution is 7.89. The van der Waals surface area contributed by atoms with Gasteiger partial charge in [-0.3, -0.25) is 4.79 Å². The first-order valence-corrected chi connectivity index (χ1v) is 9.87. The van der Waals surface area contributed by atoms with Crippen molar-refractivity contribution < 1.29 is 17.6 Å². The van der Waals surface area contributed by atoms with E-state index in [-0.39, 0.29) is 23.0 Å². The van der Waals surface area contributed by atoms with Gasteiger partial charge in [0.25, 0.3) is 0 Å². The van der Waals surface area contributed by atoms with E-state index in [1.54, 1.807) is 45.0 Å². The largest absolute Gasteiger partial charge is 0.326 e. The van der Waals surface area contributed by atoms with Crippen molar-refractivity contribution in [3.8, 4) is 0 Å². The molecule has 0 aliphatic carbocycles. The summed E-state index contributed by atoms with van der Waals surface area (Å²) in [5.74, 6) is -0.661. The molecule has 0 atom stereocenters. The zero-order chi connectivity index (χ0) is 19.3. The van der Waals surface area contributed by atoms with E-state index < -0.39 is 10.0 Å². The number of nitrogens with zero attached hydrogens (tertiary/aromatic N) is 1. The van der Waals surface area contributed by atoms with Crippen molar-refractivity contribution in [2.75, 3.05) is 18.4 Å². The number of aryl methyl sites for hydroxylation is 1. The predicted octanol–water partition coefficient (Wildman–Crippen LogP) is 3.35. The molecule has 0 aromatic heterocycles. The number of sulfonamides is 1. The Morgan fingerprint density at radius 2 is 1.69 bits per heavy atom. The van der Waals surface area contributed by atoms with Crippen LogP contribution >= 0.6 is 0 Å². The molecule has 2 rings (SSSR count). The van der Waals surface area contributed by atoms with Crippen LogP contribution in [-0.2, 0) is 21.2 Å². The van der Waals surface area contributed by atoms with Crippen LogP contribution in [-0.4, -0.2) is 31.7 Å². The Labute approximate surface area is 153 Å². The van der Waals surface area contributed by atoms with Crippen molar-refractivity contribution in [1.82, 2.24) is 4.31 Å². The van der Waals surface area contributed by atoms with Crippen molar-refractivity contribution >= 4 is 21.6 Å². The van der Waals surface area contributed by atoms with E-state index in [4.69, 9.17) is 0 Å². The van der Waals surface area contributed by atoms with Crippen molar-refractivity contribution in [2.24, 2.45) is 0 Å². The second kappa shape index (κ2) is 8.42. The Bertz CT molecular complexity index is 876. The van der Waals surface area contributed by atoms with Gasteiger partial charge in [-0.1, -0.05) is 32.0 Å². The van der Waals surface area contributed by atoms with Gasteiger partial charge in [-0.15, -0.1) is 0 Å². The third-order valence-corrected chi connectivity index (χ3v) is 6.26. The number of halogens is 1. The smallest absolute Gasteiger partial charge is 0.243 e. The molecule has 0 aliphatic rings. The monoisotopic (exact) mass is 378 g/mol. The molecule has 0 aliphatic heterocycles. The number of carbonyl (C=O) groups excluding carboxylic acids is 1. The van der Waals surface area contributed by atoms with Crippen LogP contribution in [0.2, 0.25) is 0 Å². The molecule has 0 bridgehead atoms. The van der Waals surface area contributed by atoms with Crippen LogP contribution in [0.5, 0.6) is 0 Å². The Balaban J connectivity index is 2.21. The molecule has 0 heterocycles. The van der Waals surface area contributed by atoms with Gasteiger partial charge in [0, 0.05) is 18.8 Å². The van der Waals surface area contributed by atoms with Crippen LogP contribution in [0.4, 0.5) is 10.1 Å². The number of anilines is 1. The Kier molecular flexibility index (Phi) is 6.50. The quantitative estimate of drug-likeness (QED) is 0.803. The lowest BCUT2D eigenvalue weighted by molar-refractivity contribution is -0.115. The van der Waals surface area contributed by atoms with E-state index in [2.05, 4.69) is 5.32 Å². The lowest BCUT2D eigenvalue weighted by atomic mass is 10.1. The zero-order valence-electron chi connectivity index (χ0n) is 15.1. The lowest BCUT2D eigenvalue weighted by Gasteiger charge is -2.20. The van der Waals surface area contributed by atoms with Gasteiger partial charge in [-0.05, 0) is 42.3 Å². The summed E-state index contributed by atoms with van der Waals surface area (Å²) in [7, 11) is -3.61. The number of nitrogens with one attached hydrogen (secondary N) is 1. The highest BCUT2D eigenvalue weighted by atomic mass is 32.2. The topological polar surface area (TPSA) is 66.5 Å². The molecule has 2 aromatic rings. The lowest BCUT2D eigenvalue weighted by Crippen LogP contribution is -2.31. The maximum absolute atomic E-state index is 12.9. The fraction of sp³-hybridized carbons (Fsp3) is 0.316. The minimum Gasteiger partial charge on any atom is -0.326 e. The van der Waals surface area contributed by atoms with Crippen LogP contribution < -0.4 is 5.32 Å². The van der Waals surface area contributed by atoms with Gasteiger partial charge in [0.2, 0.25) is 15.9 Å². The third kappa shape index (κ3) is 4.68. The molecule has 0 fully saturated rings. The number of rotatable bonds is 7. The van der Waals surface area contributed by atoms with Gasteiger partial charge in [0.05, 0.1) is 11.3 Å². The summed E-state index contributed by atoms with van der Waals surface area (Å²) in [4.78, 5) is 12.4. The van der Waals surface area contributed by atoms with Gasteiger partial charge in [-0.25, -0.2) is 12.8 Å². The number of hydrogen-bond donors (Lipinski definition) is 1. The van der Waals surface area contributed by atoms with Crippen molar-refractivity contribution in [3.63, 3.8) is 0 Å². The zero-order valence-corrected chi connectivity index (χ0v) is 15.9. The number of benzene rings is 2. The molecule has 26 heavy (non-hydrogen) atoms. The maximum atomic E-state index is 12.9. The van der Waals surface area contributed by atoms with E-state index >= 15 is 0 Å². The van der Waals surface area contributed by atoms with Crippen LogP contribution in [0.1, 0.15) is 25.0 Å². The molecule has 0 saturated heterocycles. The molecule has 140 valence electrons. The normalized spacial score (nSPS) is 11.6. The van der Waals surface area contributed by atoms with Gasteiger partial charge >= 0.3 is 0 Å². The number of carbonyl (C=O) groups is 1. The summed E-state index contributed by atoms with van der Waals surface area (Å²) < 4.78 is 39.8. The van der Waals surface area contributed by atoms with Gasteiger partial charge in [0.15, 0.2) is 0 Å². The number of amides is 1. The molecule has 7 heteroatoms. The van der Waals surface area contributed by atoms with Gasteiger partial charge in [-0.2, -0.15) is 4.31 Å². The molecule has 1 amide bonds.